The average molecular weight is 334 g/mol. The molecule has 1 atom stereocenters. The topological polar surface area (TPSA) is 21.3 Å². The Kier molecular flexibility index (Phi) is 5.07. The van der Waals surface area contributed by atoms with Crippen LogP contribution in [0.5, 0.6) is 5.75 Å². The van der Waals surface area contributed by atoms with Gasteiger partial charge in [-0.1, -0.05) is 28.1 Å². The van der Waals surface area contributed by atoms with Crippen molar-refractivity contribution >= 4 is 21.6 Å². The summed E-state index contributed by atoms with van der Waals surface area (Å²) in [6.07, 6.45) is 0. The van der Waals surface area contributed by atoms with E-state index in [1.165, 1.54) is 11.1 Å². The highest BCUT2D eigenvalue weighted by Crippen LogP contribution is 2.25. The van der Waals surface area contributed by atoms with Crippen LogP contribution in [0.2, 0.25) is 0 Å². The Balaban J connectivity index is 2.06. The highest BCUT2D eigenvalue weighted by molar-refractivity contribution is 9.10. The molecule has 0 aromatic heterocycles. The molecule has 2 rings (SSSR count). The third kappa shape index (κ3) is 3.76. The van der Waals surface area contributed by atoms with Crippen molar-refractivity contribution < 1.29 is 4.74 Å². The van der Waals surface area contributed by atoms with Crippen LogP contribution in [0.15, 0.2) is 46.9 Å². The summed E-state index contributed by atoms with van der Waals surface area (Å²) in [6, 6.07) is 14.8. The first kappa shape index (κ1) is 14.9. The largest absolute Gasteiger partial charge is 0.494 e. The van der Waals surface area contributed by atoms with Gasteiger partial charge in [0, 0.05) is 16.2 Å². The normalized spacial score (nSPS) is 12.0. The van der Waals surface area contributed by atoms with Gasteiger partial charge in [-0.05, 0) is 62.2 Å². The number of aryl methyl sites for hydroxylation is 1. The lowest BCUT2D eigenvalue weighted by molar-refractivity contribution is 0.340. The summed E-state index contributed by atoms with van der Waals surface area (Å²) in [5.74, 6) is 0.919. The van der Waals surface area contributed by atoms with Crippen molar-refractivity contribution in [1.29, 1.82) is 0 Å². The highest BCUT2D eigenvalue weighted by Gasteiger charge is 2.06. The molecule has 0 aliphatic rings. The van der Waals surface area contributed by atoms with Crippen LogP contribution in [0.25, 0.3) is 0 Å². The van der Waals surface area contributed by atoms with Gasteiger partial charge < -0.3 is 10.1 Å². The second-order valence-corrected chi connectivity index (χ2v) is 5.69. The van der Waals surface area contributed by atoms with Gasteiger partial charge in [0.15, 0.2) is 0 Å². The second-order valence-electron chi connectivity index (χ2n) is 4.83. The molecule has 0 aliphatic carbocycles. The Hall–Kier alpha value is -1.48. The quantitative estimate of drug-likeness (QED) is 0.798. The van der Waals surface area contributed by atoms with Crippen LogP contribution in [-0.4, -0.2) is 6.61 Å². The van der Waals surface area contributed by atoms with Gasteiger partial charge in [-0.2, -0.15) is 0 Å². The molecular weight excluding hydrogens is 314 g/mol. The summed E-state index contributed by atoms with van der Waals surface area (Å²) in [7, 11) is 0. The lowest BCUT2D eigenvalue weighted by Gasteiger charge is -2.17. The molecule has 106 valence electrons. The second kappa shape index (κ2) is 6.80. The van der Waals surface area contributed by atoms with Gasteiger partial charge in [-0.3, -0.25) is 0 Å². The molecule has 2 aromatic carbocycles. The number of hydrogen-bond donors (Lipinski definition) is 1. The molecule has 0 saturated heterocycles. The van der Waals surface area contributed by atoms with E-state index in [4.69, 9.17) is 4.74 Å². The molecule has 0 amide bonds. The van der Waals surface area contributed by atoms with E-state index < -0.39 is 0 Å². The van der Waals surface area contributed by atoms with E-state index >= 15 is 0 Å². The summed E-state index contributed by atoms with van der Waals surface area (Å²) in [6.45, 7) is 6.95. The van der Waals surface area contributed by atoms with Gasteiger partial charge in [0.2, 0.25) is 0 Å². The molecule has 0 aliphatic heterocycles. The Labute approximate surface area is 129 Å². The first-order valence-corrected chi connectivity index (χ1v) is 7.65. The molecule has 3 heteroatoms. The van der Waals surface area contributed by atoms with Crippen molar-refractivity contribution in [3.8, 4) is 5.75 Å². The molecule has 1 unspecified atom stereocenters. The summed E-state index contributed by atoms with van der Waals surface area (Å²) in [5, 5.41) is 3.52. The number of halogens is 1. The minimum Gasteiger partial charge on any atom is -0.494 e. The fraction of sp³-hybridized carbons (Fsp3) is 0.294. The number of nitrogens with one attached hydrogen (secondary N) is 1. The summed E-state index contributed by atoms with van der Waals surface area (Å²) in [4.78, 5) is 0. The van der Waals surface area contributed by atoms with Gasteiger partial charge in [0.25, 0.3) is 0 Å². The van der Waals surface area contributed by atoms with Crippen molar-refractivity contribution in [1.82, 2.24) is 0 Å². The van der Waals surface area contributed by atoms with Crippen LogP contribution in [-0.2, 0) is 0 Å². The minimum absolute atomic E-state index is 0.256. The number of ether oxygens (including phenoxy) is 1. The van der Waals surface area contributed by atoms with E-state index in [0.717, 1.165) is 15.9 Å². The zero-order valence-electron chi connectivity index (χ0n) is 12.1. The van der Waals surface area contributed by atoms with E-state index in [0.29, 0.717) is 6.61 Å². The lowest BCUT2D eigenvalue weighted by atomic mass is 10.1. The summed E-state index contributed by atoms with van der Waals surface area (Å²) < 4.78 is 6.60. The van der Waals surface area contributed by atoms with Crippen molar-refractivity contribution in [2.45, 2.75) is 26.8 Å². The van der Waals surface area contributed by atoms with Crippen LogP contribution >= 0.6 is 15.9 Å². The third-order valence-corrected chi connectivity index (χ3v) is 4.12. The molecule has 0 fully saturated rings. The van der Waals surface area contributed by atoms with Gasteiger partial charge in [0.1, 0.15) is 5.75 Å². The maximum atomic E-state index is 5.46. The summed E-state index contributed by atoms with van der Waals surface area (Å²) >= 11 is 3.52. The average Bonchev–Trinajstić information content (AvgIpc) is 2.44. The molecule has 0 spiro atoms. The molecule has 0 heterocycles. The maximum Gasteiger partial charge on any atom is 0.119 e. The molecular formula is C17H20BrNO. The van der Waals surface area contributed by atoms with Gasteiger partial charge in [-0.25, -0.2) is 0 Å². The molecule has 0 saturated carbocycles. The molecule has 0 bridgehead atoms. The van der Waals surface area contributed by atoms with Crippen molar-refractivity contribution in [3.63, 3.8) is 0 Å². The Morgan fingerprint density at radius 2 is 1.85 bits per heavy atom. The number of benzene rings is 2. The van der Waals surface area contributed by atoms with E-state index in [2.05, 4.69) is 65.4 Å². The summed E-state index contributed by atoms with van der Waals surface area (Å²) in [5.41, 5.74) is 3.61. The minimum atomic E-state index is 0.256. The third-order valence-electron chi connectivity index (χ3n) is 3.23. The Morgan fingerprint density at radius 1 is 1.15 bits per heavy atom. The number of rotatable bonds is 5. The number of anilines is 1. The van der Waals surface area contributed by atoms with Crippen LogP contribution in [0.1, 0.15) is 31.0 Å². The van der Waals surface area contributed by atoms with Crippen molar-refractivity contribution in [2.24, 2.45) is 0 Å². The van der Waals surface area contributed by atoms with E-state index in [1.54, 1.807) is 0 Å². The van der Waals surface area contributed by atoms with Crippen molar-refractivity contribution in [3.05, 3.63) is 58.1 Å². The molecule has 1 N–H and O–H groups in total. The predicted octanol–water partition coefficient (Wildman–Crippen LogP) is 5.33. The molecule has 2 nitrogen and oxygen atoms in total. The fourth-order valence-electron chi connectivity index (χ4n) is 2.09. The van der Waals surface area contributed by atoms with E-state index in [9.17, 15) is 0 Å². The van der Waals surface area contributed by atoms with E-state index in [1.807, 2.05) is 19.1 Å². The zero-order valence-corrected chi connectivity index (χ0v) is 13.7. The predicted molar refractivity (Wildman–Crippen MR) is 88.5 cm³/mol. The fourth-order valence-corrected chi connectivity index (χ4v) is 2.33. The first-order chi connectivity index (χ1) is 9.60. The Bertz CT molecular complexity index is 566. The smallest absolute Gasteiger partial charge is 0.119 e. The maximum absolute atomic E-state index is 5.46. The van der Waals surface area contributed by atoms with Gasteiger partial charge in [-0.15, -0.1) is 0 Å². The zero-order chi connectivity index (χ0) is 14.5. The van der Waals surface area contributed by atoms with Crippen molar-refractivity contribution in [2.75, 3.05) is 11.9 Å². The Morgan fingerprint density at radius 3 is 2.45 bits per heavy atom. The van der Waals surface area contributed by atoms with Crippen LogP contribution in [0.3, 0.4) is 0 Å². The SMILES string of the molecule is CCOc1ccc(C(C)Nc2ccc(Br)c(C)c2)cc1. The highest BCUT2D eigenvalue weighted by atomic mass is 79.9. The standard InChI is InChI=1S/C17H20BrNO/c1-4-20-16-8-5-14(6-9-16)13(3)19-15-7-10-17(18)12(2)11-15/h5-11,13,19H,4H2,1-3H3. The lowest BCUT2D eigenvalue weighted by Crippen LogP contribution is -2.06. The number of hydrogen-bond acceptors (Lipinski definition) is 2. The molecule has 0 radical (unpaired) electrons. The van der Waals surface area contributed by atoms with Gasteiger partial charge >= 0.3 is 0 Å². The van der Waals surface area contributed by atoms with Crippen LogP contribution < -0.4 is 10.1 Å². The molecule has 2 aromatic rings. The van der Waals surface area contributed by atoms with E-state index in [-0.39, 0.29) is 6.04 Å². The molecule has 20 heavy (non-hydrogen) atoms. The van der Waals surface area contributed by atoms with Crippen LogP contribution in [0, 0.1) is 6.92 Å². The van der Waals surface area contributed by atoms with Gasteiger partial charge in [0.05, 0.1) is 6.61 Å². The van der Waals surface area contributed by atoms with Crippen LogP contribution in [0.4, 0.5) is 5.69 Å². The first-order valence-electron chi connectivity index (χ1n) is 6.85. The monoisotopic (exact) mass is 333 g/mol.